The van der Waals surface area contributed by atoms with E-state index < -0.39 is 0 Å². The van der Waals surface area contributed by atoms with Crippen molar-refractivity contribution in [1.82, 2.24) is 5.32 Å². The van der Waals surface area contributed by atoms with Crippen molar-refractivity contribution in [3.05, 3.63) is 35.1 Å². The summed E-state index contributed by atoms with van der Waals surface area (Å²) in [6.45, 7) is 14.1. The number of hydrogen-bond acceptors (Lipinski definition) is 1. The molecule has 1 nitrogen and oxygen atoms in total. The molecule has 0 bridgehead atoms. The predicted molar refractivity (Wildman–Crippen MR) is 80.9 cm³/mol. The summed E-state index contributed by atoms with van der Waals surface area (Å²) in [6.07, 6.45) is 0.911. The van der Waals surface area contributed by atoms with E-state index in [0.29, 0.717) is 12.0 Å². The van der Waals surface area contributed by atoms with Crippen LogP contribution in [0, 0.1) is 24.1 Å². The fourth-order valence-corrected chi connectivity index (χ4v) is 2.17. The molecule has 0 heterocycles. The second kappa shape index (κ2) is 6.51. The normalized spacial score (nSPS) is 15.0. The second-order valence-corrected chi connectivity index (χ2v) is 6.59. The van der Waals surface area contributed by atoms with Gasteiger partial charge in [-0.1, -0.05) is 40.7 Å². The van der Waals surface area contributed by atoms with Gasteiger partial charge in [0.2, 0.25) is 0 Å². The van der Waals surface area contributed by atoms with Gasteiger partial charge < -0.3 is 5.32 Å². The third-order valence-electron chi connectivity index (χ3n) is 4.21. The summed E-state index contributed by atoms with van der Waals surface area (Å²) in [6, 6.07) is 5.58. The smallest absolute Gasteiger partial charge is 0.123 e. The van der Waals surface area contributed by atoms with Crippen molar-refractivity contribution in [2.75, 3.05) is 6.54 Å². The highest BCUT2D eigenvalue weighted by Crippen LogP contribution is 2.32. The van der Waals surface area contributed by atoms with Crippen LogP contribution in [0.2, 0.25) is 0 Å². The lowest BCUT2D eigenvalue weighted by molar-refractivity contribution is 0.201. The summed E-state index contributed by atoms with van der Waals surface area (Å²) in [5.41, 5.74) is 2.45. The van der Waals surface area contributed by atoms with Crippen molar-refractivity contribution in [2.45, 2.75) is 54.0 Å². The quantitative estimate of drug-likeness (QED) is 0.807. The molecule has 0 fully saturated rings. The SMILES string of the molecule is Cc1ccc(F)cc1CC(C)(CNC(C)C)C(C)C. The first-order valence-electron chi connectivity index (χ1n) is 7.23. The summed E-state index contributed by atoms with van der Waals surface area (Å²) < 4.78 is 13.4. The Labute approximate surface area is 117 Å². The Kier molecular flexibility index (Phi) is 5.54. The molecule has 19 heavy (non-hydrogen) atoms. The third kappa shape index (κ3) is 4.61. The molecule has 2 heteroatoms. The minimum Gasteiger partial charge on any atom is -0.314 e. The zero-order valence-electron chi connectivity index (χ0n) is 13.2. The van der Waals surface area contributed by atoms with Crippen molar-refractivity contribution in [3.8, 4) is 0 Å². The Hall–Kier alpha value is -0.890. The molecule has 0 saturated heterocycles. The van der Waals surface area contributed by atoms with Gasteiger partial charge in [-0.2, -0.15) is 0 Å². The maximum Gasteiger partial charge on any atom is 0.123 e. The maximum absolute atomic E-state index is 13.4. The molecule has 0 aliphatic carbocycles. The van der Waals surface area contributed by atoms with Crippen molar-refractivity contribution in [1.29, 1.82) is 0 Å². The Morgan fingerprint density at radius 3 is 2.37 bits per heavy atom. The van der Waals surface area contributed by atoms with Gasteiger partial charge in [0.25, 0.3) is 0 Å². The first-order valence-corrected chi connectivity index (χ1v) is 7.23. The van der Waals surface area contributed by atoms with Gasteiger partial charge in [-0.3, -0.25) is 0 Å². The molecule has 1 aromatic carbocycles. The molecule has 0 spiro atoms. The number of nitrogens with one attached hydrogen (secondary N) is 1. The van der Waals surface area contributed by atoms with Crippen molar-refractivity contribution >= 4 is 0 Å². The van der Waals surface area contributed by atoms with E-state index in [0.717, 1.165) is 18.5 Å². The van der Waals surface area contributed by atoms with Gasteiger partial charge in [0.1, 0.15) is 5.82 Å². The van der Waals surface area contributed by atoms with Crippen LogP contribution >= 0.6 is 0 Å². The van der Waals surface area contributed by atoms with Gasteiger partial charge in [0.15, 0.2) is 0 Å². The maximum atomic E-state index is 13.4. The lowest BCUT2D eigenvalue weighted by atomic mass is 9.73. The standard InChI is InChI=1S/C17H28FN/c1-12(2)17(6,11-19-13(3)4)10-15-9-16(18)8-7-14(15)5/h7-9,12-13,19H,10-11H2,1-6H3. The highest BCUT2D eigenvalue weighted by molar-refractivity contribution is 5.27. The molecule has 1 unspecified atom stereocenters. The number of aryl methyl sites for hydroxylation is 1. The van der Waals surface area contributed by atoms with Crippen LogP contribution in [0.3, 0.4) is 0 Å². The van der Waals surface area contributed by atoms with E-state index in [4.69, 9.17) is 0 Å². The molecule has 1 N–H and O–H groups in total. The van der Waals surface area contributed by atoms with E-state index in [-0.39, 0.29) is 11.2 Å². The number of hydrogen-bond donors (Lipinski definition) is 1. The first kappa shape index (κ1) is 16.2. The first-order chi connectivity index (χ1) is 8.74. The summed E-state index contributed by atoms with van der Waals surface area (Å²) >= 11 is 0. The Morgan fingerprint density at radius 2 is 1.84 bits per heavy atom. The highest BCUT2D eigenvalue weighted by atomic mass is 19.1. The Balaban J connectivity index is 2.91. The van der Waals surface area contributed by atoms with Crippen LogP contribution in [-0.4, -0.2) is 12.6 Å². The van der Waals surface area contributed by atoms with Gasteiger partial charge in [-0.15, -0.1) is 0 Å². The van der Waals surface area contributed by atoms with Crippen LogP contribution in [0.1, 0.15) is 45.7 Å². The average molecular weight is 265 g/mol. The van der Waals surface area contributed by atoms with Gasteiger partial charge >= 0.3 is 0 Å². The van der Waals surface area contributed by atoms with Gasteiger partial charge in [0, 0.05) is 12.6 Å². The summed E-state index contributed by atoms with van der Waals surface area (Å²) in [5.74, 6) is 0.407. The minimum absolute atomic E-state index is 0.136. The topological polar surface area (TPSA) is 12.0 Å². The minimum atomic E-state index is -0.136. The molecule has 108 valence electrons. The van der Waals surface area contributed by atoms with Crippen LogP contribution in [0.25, 0.3) is 0 Å². The molecule has 1 rings (SSSR count). The van der Waals surface area contributed by atoms with Gasteiger partial charge in [-0.25, -0.2) is 4.39 Å². The Bertz CT molecular complexity index is 412. The summed E-state index contributed by atoms with van der Waals surface area (Å²) in [4.78, 5) is 0. The number of benzene rings is 1. The van der Waals surface area contributed by atoms with E-state index in [2.05, 4.69) is 46.9 Å². The molecule has 1 atom stereocenters. The zero-order chi connectivity index (χ0) is 14.6. The zero-order valence-corrected chi connectivity index (χ0v) is 13.2. The second-order valence-electron chi connectivity index (χ2n) is 6.59. The summed E-state index contributed by atoms with van der Waals surface area (Å²) in [5, 5.41) is 3.53. The van der Waals surface area contributed by atoms with Gasteiger partial charge in [0.05, 0.1) is 0 Å². The molecular weight excluding hydrogens is 237 g/mol. The van der Waals surface area contributed by atoms with E-state index in [1.165, 1.54) is 11.6 Å². The van der Waals surface area contributed by atoms with Crippen LogP contribution in [0.4, 0.5) is 4.39 Å². The monoisotopic (exact) mass is 265 g/mol. The van der Waals surface area contributed by atoms with Crippen molar-refractivity contribution in [2.24, 2.45) is 11.3 Å². The molecule has 1 aromatic rings. The van der Waals surface area contributed by atoms with Crippen LogP contribution in [0.15, 0.2) is 18.2 Å². The molecule has 0 saturated carbocycles. The van der Waals surface area contributed by atoms with Crippen molar-refractivity contribution < 1.29 is 4.39 Å². The van der Waals surface area contributed by atoms with Crippen molar-refractivity contribution in [3.63, 3.8) is 0 Å². The third-order valence-corrected chi connectivity index (χ3v) is 4.21. The molecule has 0 radical (unpaired) electrons. The van der Waals surface area contributed by atoms with E-state index in [1.807, 2.05) is 6.07 Å². The fourth-order valence-electron chi connectivity index (χ4n) is 2.17. The van der Waals surface area contributed by atoms with Crippen LogP contribution < -0.4 is 5.32 Å². The lowest BCUT2D eigenvalue weighted by Gasteiger charge is -2.35. The highest BCUT2D eigenvalue weighted by Gasteiger charge is 2.29. The van der Waals surface area contributed by atoms with Crippen LogP contribution in [0.5, 0.6) is 0 Å². The van der Waals surface area contributed by atoms with E-state index in [9.17, 15) is 4.39 Å². The predicted octanol–water partition coefficient (Wildman–Crippen LogP) is 4.34. The molecular formula is C17H28FN. The largest absolute Gasteiger partial charge is 0.314 e. The van der Waals surface area contributed by atoms with E-state index >= 15 is 0 Å². The molecule has 0 amide bonds. The lowest BCUT2D eigenvalue weighted by Crippen LogP contribution is -2.40. The summed E-state index contributed by atoms with van der Waals surface area (Å²) in [7, 11) is 0. The molecule has 0 aromatic heterocycles. The van der Waals surface area contributed by atoms with Crippen LogP contribution in [-0.2, 0) is 6.42 Å². The fraction of sp³-hybridized carbons (Fsp3) is 0.647. The van der Waals surface area contributed by atoms with Gasteiger partial charge in [-0.05, 0) is 47.9 Å². The number of rotatable bonds is 6. The average Bonchev–Trinajstić information content (AvgIpc) is 2.31. The van der Waals surface area contributed by atoms with E-state index in [1.54, 1.807) is 6.07 Å². The molecule has 0 aliphatic heterocycles. The molecule has 0 aliphatic rings. The number of halogens is 1. The Morgan fingerprint density at radius 1 is 1.21 bits per heavy atom.